The highest BCUT2D eigenvalue weighted by Crippen LogP contribution is 2.10. The number of hydrogen-bond acceptors (Lipinski definition) is 1. The van der Waals surface area contributed by atoms with Crippen LogP contribution in [0.1, 0.15) is 26.3 Å². The number of likely N-dealkylation sites (N-methyl/N-ethyl adjacent to an activating group) is 1. The van der Waals surface area contributed by atoms with Gasteiger partial charge in [0.2, 0.25) is 0 Å². The average molecular weight is 229 g/mol. The maximum absolute atomic E-state index is 11.7. The van der Waals surface area contributed by atoms with E-state index in [1.807, 2.05) is 51.1 Å². The van der Waals surface area contributed by atoms with E-state index in [9.17, 15) is 4.79 Å². The average Bonchev–Trinajstić information content (AvgIpc) is 2.38. The number of amides is 1. The molecule has 0 saturated heterocycles. The van der Waals surface area contributed by atoms with Crippen LogP contribution in [0.5, 0.6) is 0 Å². The van der Waals surface area contributed by atoms with Crippen molar-refractivity contribution in [1.82, 2.24) is 4.90 Å². The summed E-state index contributed by atoms with van der Waals surface area (Å²) in [6.45, 7) is 7.38. The molecule has 0 atom stereocenters. The molecule has 0 aliphatic carbocycles. The van der Waals surface area contributed by atoms with Gasteiger partial charge in [0, 0.05) is 19.2 Å². The molecule has 0 saturated carbocycles. The summed E-state index contributed by atoms with van der Waals surface area (Å²) in [5.41, 5.74) is 5.12. The van der Waals surface area contributed by atoms with E-state index in [0.717, 1.165) is 24.2 Å². The van der Waals surface area contributed by atoms with E-state index in [1.54, 1.807) is 4.90 Å². The van der Waals surface area contributed by atoms with Gasteiger partial charge in [0.25, 0.3) is 5.91 Å². The maximum atomic E-state index is 11.7. The van der Waals surface area contributed by atoms with Crippen LogP contribution in [-0.4, -0.2) is 23.9 Å². The summed E-state index contributed by atoms with van der Waals surface area (Å²) < 4.78 is 0. The fraction of sp³-hybridized carbons (Fsp3) is 0.333. The zero-order valence-corrected chi connectivity index (χ0v) is 10.7. The lowest BCUT2D eigenvalue weighted by Crippen LogP contribution is -2.28. The van der Waals surface area contributed by atoms with Crippen LogP contribution >= 0.6 is 0 Å². The van der Waals surface area contributed by atoms with Gasteiger partial charge >= 0.3 is 0 Å². The normalized spacial score (nSPS) is 9.35. The van der Waals surface area contributed by atoms with Crippen LogP contribution in [0.2, 0.25) is 0 Å². The van der Waals surface area contributed by atoms with Crippen molar-refractivity contribution in [3.63, 3.8) is 0 Å². The van der Waals surface area contributed by atoms with E-state index < -0.39 is 0 Å². The standard InChI is InChI=1S/C15H19NO/c1-4-16(5-2)15(17)12-11-13(3)14-9-7-6-8-10-14/h6-10,12H,4-5H2,1-3H3. The largest absolute Gasteiger partial charge is 0.339 e. The molecule has 1 aromatic carbocycles. The summed E-state index contributed by atoms with van der Waals surface area (Å²) in [7, 11) is 0. The number of carbonyl (C=O) groups excluding carboxylic acids is 1. The van der Waals surface area contributed by atoms with Crippen molar-refractivity contribution in [3.8, 4) is 0 Å². The van der Waals surface area contributed by atoms with Gasteiger partial charge in [-0.05, 0) is 31.9 Å². The highest BCUT2D eigenvalue weighted by Gasteiger charge is 2.04. The van der Waals surface area contributed by atoms with Crippen LogP contribution in [0, 0.1) is 0 Å². The first-order valence-electron chi connectivity index (χ1n) is 5.96. The summed E-state index contributed by atoms with van der Waals surface area (Å²) in [5.74, 6) is 0.0188. The molecule has 0 heterocycles. The quantitative estimate of drug-likeness (QED) is 0.574. The molecule has 0 aliphatic heterocycles. The van der Waals surface area contributed by atoms with Crippen LogP contribution in [0.3, 0.4) is 0 Å². The van der Waals surface area contributed by atoms with Crippen molar-refractivity contribution in [3.05, 3.63) is 47.7 Å². The molecule has 1 amide bonds. The summed E-state index contributed by atoms with van der Waals surface area (Å²) in [4.78, 5) is 13.5. The Morgan fingerprint density at radius 1 is 1.24 bits per heavy atom. The van der Waals surface area contributed by atoms with E-state index in [0.29, 0.717) is 0 Å². The van der Waals surface area contributed by atoms with E-state index >= 15 is 0 Å². The Bertz CT molecular complexity index is 423. The molecule has 1 aromatic rings. The zero-order valence-electron chi connectivity index (χ0n) is 10.7. The Morgan fingerprint density at radius 2 is 1.82 bits per heavy atom. The smallest absolute Gasteiger partial charge is 0.254 e. The fourth-order valence-electron chi connectivity index (χ4n) is 1.57. The third-order valence-electron chi connectivity index (χ3n) is 2.69. The fourth-order valence-corrected chi connectivity index (χ4v) is 1.57. The topological polar surface area (TPSA) is 20.3 Å². The lowest BCUT2D eigenvalue weighted by Gasteiger charge is -2.15. The summed E-state index contributed by atoms with van der Waals surface area (Å²) >= 11 is 0. The van der Waals surface area contributed by atoms with E-state index in [1.165, 1.54) is 6.08 Å². The first kappa shape index (κ1) is 13.3. The van der Waals surface area contributed by atoms with Crippen LogP contribution < -0.4 is 0 Å². The summed E-state index contributed by atoms with van der Waals surface area (Å²) in [6, 6.07) is 9.96. The molecule has 1 rings (SSSR count). The second-order valence-corrected chi connectivity index (χ2v) is 3.79. The maximum Gasteiger partial charge on any atom is 0.254 e. The van der Waals surface area contributed by atoms with Gasteiger partial charge in [0.15, 0.2) is 0 Å². The third-order valence-corrected chi connectivity index (χ3v) is 2.69. The molecule has 0 aromatic heterocycles. The molecule has 0 fully saturated rings. The minimum atomic E-state index is 0.0188. The highest BCUT2D eigenvalue weighted by molar-refractivity contribution is 5.88. The summed E-state index contributed by atoms with van der Waals surface area (Å²) in [5, 5.41) is 0. The van der Waals surface area contributed by atoms with Gasteiger partial charge in [-0.15, -0.1) is 5.73 Å². The molecule has 2 nitrogen and oxygen atoms in total. The molecule has 2 heteroatoms. The molecular formula is C15H19NO. The van der Waals surface area contributed by atoms with E-state index in [-0.39, 0.29) is 5.91 Å². The van der Waals surface area contributed by atoms with Crippen molar-refractivity contribution in [2.45, 2.75) is 20.8 Å². The molecule has 0 spiro atoms. The zero-order chi connectivity index (χ0) is 12.7. The Labute approximate surface area is 103 Å². The third kappa shape index (κ3) is 3.93. The van der Waals surface area contributed by atoms with Crippen LogP contribution in [-0.2, 0) is 4.79 Å². The number of hydrogen-bond donors (Lipinski definition) is 0. The number of carbonyl (C=O) groups is 1. The Morgan fingerprint density at radius 3 is 2.35 bits per heavy atom. The Kier molecular flexibility index (Phi) is 5.25. The monoisotopic (exact) mass is 229 g/mol. The lowest BCUT2D eigenvalue weighted by molar-refractivity contribution is -0.125. The molecule has 90 valence electrons. The van der Waals surface area contributed by atoms with Gasteiger partial charge in [0.05, 0.1) is 0 Å². The van der Waals surface area contributed by atoms with Gasteiger partial charge in [-0.2, -0.15) is 0 Å². The molecule has 17 heavy (non-hydrogen) atoms. The molecule has 0 bridgehead atoms. The highest BCUT2D eigenvalue weighted by atomic mass is 16.2. The van der Waals surface area contributed by atoms with Crippen molar-refractivity contribution in [2.24, 2.45) is 0 Å². The van der Waals surface area contributed by atoms with E-state index in [4.69, 9.17) is 0 Å². The lowest BCUT2D eigenvalue weighted by atomic mass is 10.1. The molecule has 0 N–H and O–H groups in total. The van der Waals surface area contributed by atoms with Crippen molar-refractivity contribution in [1.29, 1.82) is 0 Å². The van der Waals surface area contributed by atoms with Crippen molar-refractivity contribution < 1.29 is 4.79 Å². The van der Waals surface area contributed by atoms with Crippen LogP contribution in [0.25, 0.3) is 5.57 Å². The predicted molar refractivity (Wildman–Crippen MR) is 71.5 cm³/mol. The molecule has 0 aliphatic rings. The van der Waals surface area contributed by atoms with Gasteiger partial charge < -0.3 is 4.90 Å². The predicted octanol–water partition coefficient (Wildman–Crippen LogP) is 3.11. The Balaban J connectivity index is 2.85. The minimum absolute atomic E-state index is 0.0188. The van der Waals surface area contributed by atoms with Gasteiger partial charge in [-0.1, -0.05) is 30.3 Å². The molecule has 0 radical (unpaired) electrons. The van der Waals surface area contributed by atoms with E-state index in [2.05, 4.69) is 5.73 Å². The van der Waals surface area contributed by atoms with Crippen molar-refractivity contribution in [2.75, 3.05) is 13.1 Å². The van der Waals surface area contributed by atoms with Gasteiger partial charge in [0.1, 0.15) is 0 Å². The molecular weight excluding hydrogens is 210 g/mol. The minimum Gasteiger partial charge on any atom is -0.339 e. The SMILES string of the molecule is CCN(CC)C(=O)C=C=C(C)c1ccccc1. The van der Waals surface area contributed by atoms with Gasteiger partial charge in [-0.3, -0.25) is 4.79 Å². The second-order valence-electron chi connectivity index (χ2n) is 3.79. The Hall–Kier alpha value is -1.79. The van der Waals surface area contributed by atoms with Gasteiger partial charge in [-0.25, -0.2) is 0 Å². The molecule has 0 unspecified atom stereocenters. The van der Waals surface area contributed by atoms with Crippen LogP contribution in [0.15, 0.2) is 42.1 Å². The van der Waals surface area contributed by atoms with Crippen molar-refractivity contribution >= 4 is 11.5 Å². The summed E-state index contributed by atoms with van der Waals surface area (Å²) in [6.07, 6.45) is 1.52. The first-order chi connectivity index (χ1) is 8.19. The number of rotatable bonds is 4. The first-order valence-corrected chi connectivity index (χ1v) is 5.96. The second kappa shape index (κ2) is 6.72. The number of nitrogens with zero attached hydrogens (tertiary/aromatic N) is 1. The van der Waals surface area contributed by atoms with Crippen LogP contribution in [0.4, 0.5) is 0 Å². The number of benzene rings is 1.